The maximum Gasteiger partial charge on any atom is 0.185 e. The van der Waals surface area contributed by atoms with Gasteiger partial charge < -0.3 is 5.32 Å². The van der Waals surface area contributed by atoms with Crippen molar-refractivity contribution in [2.45, 2.75) is 25.7 Å². The minimum absolute atomic E-state index is 0.547. The van der Waals surface area contributed by atoms with Gasteiger partial charge >= 0.3 is 0 Å². The Bertz CT molecular complexity index is 446. The van der Waals surface area contributed by atoms with Gasteiger partial charge in [-0.3, -0.25) is 5.43 Å². The molecule has 1 fully saturated rings. The molecule has 0 atom stereocenters. The standard InChI is InChI=1S/C13H17Cl2N3S/c14-10-5-6-11(15)12(9-10)16-13(19)17-18-7-3-1-2-4-8-18/h5-6,9H,1-4,7-8H2,(H2,16,17,19). The van der Waals surface area contributed by atoms with Gasteiger partial charge in [0.2, 0.25) is 0 Å². The minimum atomic E-state index is 0.547. The van der Waals surface area contributed by atoms with Crippen LogP contribution in [-0.2, 0) is 0 Å². The van der Waals surface area contributed by atoms with Crippen LogP contribution in [0.1, 0.15) is 25.7 Å². The first-order valence-electron chi connectivity index (χ1n) is 6.43. The zero-order valence-corrected chi connectivity index (χ0v) is 12.9. The van der Waals surface area contributed by atoms with Crippen molar-refractivity contribution in [1.29, 1.82) is 0 Å². The first-order chi connectivity index (χ1) is 9.15. The van der Waals surface area contributed by atoms with Crippen LogP contribution in [-0.4, -0.2) is 23.2 Å². The molecule has 0 aliphatic carbocycles. The third-order valence-corrected chi connectivity index (χ3v) is 3.80. The van der Waals surface area contributed by atoms with E-state index in [4.69, 9.17) is 35.4 Å². The quantitative estimate of drug-likeness (QED) is 0.804. The van der Waals surface area contributed by atoms with Gasteiger partial charge in [-0.15, -0.1) is 0 Å². The molecule has 0 aromatic heterocycles. The molecule has 0 radical (unpaired) electrons. The fourth-order valence-electron chi connectivity index (χ4n) is 2.07. The van der Waals surface area contributed by atoms with Crippen molar-refractivity contribution in [1.82, 2.24) is 10.4 Å². The van der Waals surface area contributed by atoms with E-state index in [1.807, 2.05) is 0 Å². The van der Waals surface area contributed by atoms with Crippen molar-refractivity contribution in [3.8, 4) is 0 Å². The number of hydrogen-bond acceptors (Lipinski definition) is 2. The number of thiocarbonyl (C=S) groups is 1. The monoisotopic (exact) mass is 317 g/mol. The number of anilines is 1. The minimum Gasteiger partial charge on any atom is -0.330 e. The first-order valence-corrected chi connectivity index (χ1v) is 7.59. The van der Waals surface area contributed by atoms with Gasteiger partial charge in [-0.25, -0.2) is 5.01 Å². The summed E-state index contributed by atoms with van der Waals surface area (Å²) >= 11 is 17.3. The highest BCUT2D eigenvalue weighted by molar-refractivity contribution is 7.80. The Morgan fingerprint density at radius 2 is 1.79 bits per heavy atom. The average Bonchev–Trinajstić information content (AvgIpc) is 2.62. The Labute approximate surface area is 129 Å². The molecule has 1 aromatic rings. The molecule has 3 nitrogen and oxygen atoms in total. The maximum atomic E-state index is 6.09. The predicted molar refractivity (Wildman–Crippen MR) is 85.9 cm³/mol. The van der Waals surface area contributed by atoms with E-state index >= 15 is 0 Å². The highest BCUT2D eigenvalue weighted by Gasteiger charge is 2.10. The van der Waals surface area contributed by atoms with E-state index in [1.54, 1.807) is 18.2 Å². The topological polar surface area (TPSA) is 27.3 Å². The molecule has 0 spiro atoms. The molecule has 2 rings (SSSR count). The summed E-state index contributed by atoms with van der Waals surface area (Å²) in [6.45, 7) is 2.04. The predicted octanol–water partition coefficient (Wildman–Crippen LogP) is 4.07. The normalized spacial score (nSPS) is 16.7. The molecule has 104 valence electrons. The van der Waals surface area contributed by atoms with Gasteiger partial charge in [0.05, 0.1) is 10.7 Å². The zero-order valence-electron chi connectivity index (χ0n) is 10.6. The van der Waals surface area contributed by atoms with Crippen LogP contribution in [0.5, 0.6) is 0 Å². The van der Waals surface area contributed by atoms with Gasteiger partial charge in [0.25, 0.3) is 0 Å². The molecule has 0 unspecified atom stereocenters. The van der Waals surface area contributed by atoms with E-state index in [0.29, 0.717) is 15.2 Å². The molecular weight excluding hydrogens is 301 g/mol. The molecule has 1 aliphatic heterocycles. The lowest BCUT2D eigenvalue weighted by molar-refractivity contribution is 0.247. The van der Waals surface area contributed by atoms with Crippen molar-refractivity contribution in [3.05, 3.63) is 28.2 Å². The Morgan fingerprint density at radius 1 is 1.11 bits per heavy atom. The van der Waals surface area contributed by atoms with E-state index < -0.39 is 0 Å². The lowest BCUT2D eigenvalue weighted by Crippen LogP contribution is -2.44. The lowest BCUT2D eigenvalue weighted by Gasteiger charge is -2.23. The molecule has 0 saturated carbocycles. The van der Waals surface area contributed by atoms with E-state index in [1.165, 1.54) is 25.7 Å². The van der Waals surface area contributed by atoms with E-state index in [9.17, 15) is 0 Å². The molecule has 2 N–H and O–H groups in total. The Kier molecular flexibility index (Phi) is 5.70. The molecule has 1 heterocycles. The molecular formula is C13H17Cl2N3S. The van der Waals surface area contributed by atoms with Crippen LogP contribution < -0.4 is 10.7 Å². The Morgan fingerprint density at radius 3 is 2.47 bits per heavy atom. The number of rotatable bonds is 2. The van der Waals surface area contributed by atoms with E-state index in [0.717, 1.165) is 18.8 Å². The molecule has 1 aliphatic rings. The van der Waals surface area contributed by atoms with Crippen molar-refractivity contribution in [2.24, 2.45) is 0 Å². The van der Waals surface area contributed by atoms with Gasteiger partial charge in [-0.1, -0.05) is 36.0 Å². The van der Waals surface area contributed by atoms with Crippen molar-refractivity contribution >= 4 is 46.2 Å². The van der Waals surface area contributed by atoms with E-state index in [-0.39, 0.29) is 0 Å². The van der Waals surface area contributed by atoms with Crippen LogP contribution >= 0.6 is 35.4 Å². The van der Waals surface area contributed by atoms with Crippen LogP contribution in [0.3, 0.4) is 0 Å². The second-order valence-corrected chi connectivity index (χ2v) is 5.84. The molecule has 0 bridgehead atoms. The summed E-state index contributed by atoms with van der Waals surface area (Å²) in [6.07, 6.45) is 4.98. The number of nitrogens with zero attached hydrogens (tertiary/aromatic N) is 1. The molecule has 1 aromatic carbocycles. The number of nitrogens with one attached hydrogen (secondary N) is 2. The SMILES string of the molecule is S=C(Nc1cc(Cl)ccc1Cl)NN1CCCCCC1. The summed E-state index contributed by atoms with van der Waals surface area (Å²) < 4.78 is 0. The summed E-state index contributed by atoms with van der Waals surface area (Å²) in [5.74, 6) is 0. The highest BCUT2D eigenvalue weighted by Crippen LogP contribution is 2.25. The lowest BCUT2D eigenvalue weighted by atomic mass is 10.2. The van der Waals surface area contributed by atoms with Crippen LogP contribution in [0.15, 0.2) is 18.2 Å². The van der Waals surface area contributed by atoms with Gasteiger partial charge in [0.1, 0.15) is 0 Å². The smallest absolute Gasteiger partial charge is 0.185 e. The third-order valence-electron chi connectivity index (χ3n) is 3.04. The summed E-state index contributed by atoms with van der Waals surface area (Å²) in [4.78, 5) is 0. The van der Waals surface area contributed by atoms with E-state index in [2.05, 4.69) is 15.8 Å². The van der Waals surface area contributed by atoms with Crippen LogP contribution in [0.2, 0.25) is 10.0 Å². The average molecular weight is 318 g/mol. The van der Waals surface area contributed by atoms with Crippen LogP contribution in [0.25, 0.3) is 0 Å². The van der Waals surface area contributed by atoms with Crippen LogP contribution in [0, 0.1) is 0 Å². The summed E-state index contributed by atoms with van der Waals surface area (Å²) in [6, 6.07) is 5.27. The summed E-state index contributed by atoms with van der Waals surface area (Å²) in [7, 11) is 0. The number of hydrazine groups is 1. The number of hydrogen-bond donors (Lipinski definition) is 2. The second kappa shape index (κ2) is 7.29. The van der Waals surface area contributed by atoms with Gasteiger partial charge in [0, 0.05) is 18.1 Å². The third kappa shape index (κ3) is 4.80. The Balaban J connectivity index is 1.91. The van der Waals surface area contributed by atoms with Crippen molar-refractivity contribution in [2.75, 3.05) is 18.4 Å². The molecule has 1 saturated heterocycles. The van der Waals surface area contributed by atoms with Gasteiger partial charge in [0.15, 0.2) is 5.11 Å². The Hall–Kier alpha value is -0.550. The molecule has 6 heteroatoms. The fourth-order valence-corrected chi connectivity index (χ4v) is 2.65. The highest BCUT2D eigenvalue weighted by atomic mass is 35.5. The van der Waals surface area contributed by atoms with Gasteiger partial charge in [-0.05, 0) is 43.3 Å². The van der Waals surface area contributed by atoms with Crippen molar-refractivity contribution < 1.29 is 0 Å². The second-order valence-electron chi connectivity index (χ2n) is 4.59. The summed E-state index contributed by atoms with van der Waals surface area (Å²) in [5, 5.41) is 7.01. The first kappa shape index (κ1) is 14.9. The molecule has 19 heavy (non-hydrogen) atoms. The van der Waals surface area contributed by atoms with Crippen molar-refractivity contribution in [3.63, 3.8) is 0 Å². The fraction of sp³-hybridized carbons (Fsp3) is 0.462. The molecule has 0 amide bonds. The zero-order chi connectivity index (χ0) is 13.7. The van der Waals surface area contributed by atoms with Crippen LogP contribution in [0.4, 0.5) is 5.69 Å². The summed E-state index contributed by atoms with van der Waals surface area (Å²) in [5.41, 5.74) is 3.93. The number of halogens is 2. The van der Waals surface area contributed by atoms with Gasteiger partial charge in [-0.2, -0.15) is 0 Å². The largest absolute Gasteiger partial charge is 0.330 e. The number of benzene rings is 1. The maximum absolute atomic E-state index is 6.09.